The Morgan fingerprint density at radius 1 is 1.11 bits per heavy atom. The van der Waals surface area contributed by atoms with Gasteiger partial charge in [-0.2, -0.15) is 10.4 Å². The summed E-state index contributed by atoms with van der Waals surface area (Å²) in [4.78, 5) is 19.5. The molecule has 3 fully saturated rings. The standard InChI is InChI=1S/C31H32N10.C3H6.C2H6/c32-12-23(15-35-25-8-10-34-11-9-25)26-18-41-31(24(13-33)16-37-41)30(38-26)22-6-7-29(36-14-22)39-19-27-28(20-39)40(27)17-21-4-2-1-3-5-21;1-3-2;1-2/h1-7,12,14-16,18,25,27-28,34H,8-11,17,19-20,32H2;3H,1H2,2H3;1-2H3/b23-12+,35-15?;;. The maximum atomic E-state index is 9.77. The van der Waals surface area contributed by atoms with Crippen LogP contribution in [0.4, 0.5) is 5.82 Å². The Morgan fingerprint density at radius 3 is 2.46 bits per heavy atom. The fourth-order valence-electron chi connectivity index (χ4n) is 6.07. The molecule has 3 aliphatic rings. The van der Waals surface area contributed by atoms with Gasteiger partial charge in [0.05, 0.1) is 29.8 Å². The minimum Gasteiger partial charge on any atom is -0.404 e. The molecule has 6 heterocycles. The largest absolute Gasteiger partial charge is 0.404 e. The molecule has 7 rings (SSSR count). The number of hydrogen-bond acceptors (Lipinski definition) is 9. The van der Waals surface area contributed by atoms with Crippen LogP contribution in [0.2, 0.25) is 0 Å². The summed E-state index contributed by atoms with van der Waals surface area (Å²) >= 11 is 0. The van der Waals surface area contributed by atoms with E-state index in [1.807, 2.05) is 45.3 Å². The van der Waals surface area contributed by atoms with Crippen LogP contribution in [0.15, 0.2) is 84.9 Å². The number of benzene rings is 1. The van der Waals surface area contributed by atoms with E-state index in [1.54, 1.807) is 23.0 Å². The zero-order chi connectivity index (χ0) is 32.5. The number of nitriles is 1. The Hall–Kier alpha value is -4.85. The van der Waals surface area contributed by atoms with Crippen molar-refractivity contribution in [3.63, 3.8) is 0 Å². The number of allylic oxidation sites excluding steroid dienone is 2. The Balaban J connectivity index is 0.000000789. The molecule has 2 unspecified atom stereocenters. The van der Waals surface area contributed by atoms with E-state index in [0.717, 1.165) is 56.9 Å². The number of anilines is 1. The van der Waals surface area contributed by atoms with Crippen LogP contribution in [0.3, 0.4) is 0 Å². The first-order valence-electron chi connectivity index (χ1n) is 16.2. The van der Waals surface area contributed by atoms with E-state index >= 15 is 0 Å². The molecule has 3 saturated heterocycles. The van der Waals surface area contributed by atoms with Crippen molar-refractivity contribution in [3.05, 3.63) is 96.7 Å². The molecule has 3 N–H and O–H groups in total. The summed E-state index contributed by atoms with van der Waals surface area (Å²) in [6.45, 7) is 14.1. The summed E-state index contributed by atoms with van der Waals surface area (Å²) in [5, 5.41) is 17.6. The number of rotatable bonds is 7. The Morgan fingerprint density at radius 2 is 1.83 bits per heavy atom. The first-order valence-corrected chi connectivity index (χ1v) is 16.2. The number of nitrogens with one attached hydrogen (secondary N) is 1. The van der Waals surface area contributed by atoms with Crippen molar-refractivity contribution < 1.29 is 0 Å². The second-order valence-electron chi connectivity index (χ2n) is 11.3. The molecule has 0 spiro atoms. The predicted molar refractivity (Wildman–Crippen MR) is 186 cm³/mol. The predicted octanol–water partition coefficient (Wildman–Crippen LogP) is 5.08. The van der Waals surface area contributed by atoms with Crippen molar-refractivity contribution in [2.75, 3.05) is 31.1 Å². The third-order valence-corrected chi connectivity index (χ3v) is 8.40. The van der Waals surface area contributed by atoms with Crippen LogP contribution < -0.4 is 16.0 Å². The summed E-state index contributed by atoms with van der Waals surface area (Å²) < 4.78 is 1.70. The molecule has 0 saturated carbocycles. The summed E-state index contributed by atoms with van der Waals surface area (Å²) in [7, 11) is 0. The average Bonchev–Trinajstić information content (AvgIpc) is 3.41. The minimum atomic E-state index is 0.267. The van der Waals surface area contributed by atoms with Gasteiger partial charge in [-0.05, 0) is 50.6 Å². The topological polar surface area (TPSA) is 124 Å². The van der Waals surface area contributed by atoms with E-state index in [-0.39, 0.29) is 6.04 Å². The maximum Gasteiger partial charge on any atom is 0.128 e. The van der Waals surface area contributed by atoms with Gasteiger partial charge >= 0.3 is 0 Å². The molecule has 3 aromatic heterocycles. The number of aliphatic imine (C=N–C) groups is 1. The fraction of sp³-hybridized carbons (Fsp3) is 0.361. The van der Waals surface area contributed by atoms with Gasteiger partial charge in [-0.25, -0.2) is 14.5 Å². The minimum absolute atomic E-state index is 0.267. The molecule has 2 atom stereocenters. The van der Waals surface area contributed by atoms with E-state index in [0.29, 0.717) is 40.1 Å². The molecular formula is C36H44N10. The summed E-state index contributed by atoms with van der Waals surface area (Å²) in [6, 6.07) is 18.4. The third-order valence-electron chi connectivity index (χ3n) is 8.40. The lowest BCUT2D eigenvalue weighted by Gasteiger charge is -2.22. The van der Waals surface area contributed by atoms with Gasteiger partial charge in [0.1, 0.15) is 23.0 Å². The second kappa shape index (κ2) is 15.4. The van der Waals surface area contributed by atoms with E-state index in [1.165, 1.54) is 11.8 Å². The number of fused-ring (bicyclic) bond motifs is 2. The van der Waals surface area contributed by atoms with Crippen molar-refractivity contribution in [3.8, 4) is 17.3 Å². The molecule has 1 aromatic carbocycles. The van der Waals surface area contributed by atoms with Crippen molar-refractivity contribution >= 4 is 23.1 Å². The van der Waals surface area contributed by atoms with Crippen LogP contribution in [0.25, 0.3) is 22.3 Å². The lowest BCUT2D eigenvalue weighted by Crippen LogP contribution is -2.29. The maximum absolute atomic E-state index is 9.77. The highest BCUT2D eigenvalue weighted by atomic mass is 15.5. The Kier molecular flexibility index (Phi) is 10.9. The normalized spacial score (nSPS) is 20.7. The number of hydrogen-bond donors (Lipinski definition) is 2. The molecule has 3 aliphatic heterocycles. The highest BCUT2D eigenvalue weighted by Crippen LogP contribution is 2.39. The van der Waals surface area contributed by atoms with Gasteiger partial charge in [-0.1, -0.05) is 50.3 Å². The molecular weight excluding hydrogens is 572 g/mol. The van der Waals surface area contributed by atoms with E-state index < -0.39 is 0 Å². The molecule has 10 nitrogen and oxygen atoms in total. The average molecular weight is 617 g/mol. The zero-order valence-electron chi connectivity index (χ0n) is 27.0. The first-order chi connectivity index (χ1) is 22.6. The number of aromatic nitrogens is 4. The van der Waals surface area contributed by atoms with Crippen molar-refractivity contribution in [1.82, 2.24) is 29.8 Å². The van der Waals surface area contributed by atoms with Crippen LogP contribution >= 0.6 is 0 Å². The molecule has 0 aliphatic carbocycles. The van der Waals surface area contributed by atoms with Crippen LogP contribution in [-0.2, 0) is 6.54 Å². The molecule has 10 heteroatoms. The summed E-state index contributed by atoms with van der Waals surface area (Å²) in [5.41, 5.74) is 11.3. The van der Waals surface area contributed by atoms with Gasteiger partial charge in [0.15, 0.2) is 0 Å². The SMILES string of the molecule is C=CC.CC.N#Cc1cnn2cc(/C(C=NC3CCNCC3)=C/N)nc(-c3ccc(N4CC5C(C4)N5Cc4ccccc4)nc3)c12. The lowest BCUT2D eigenvalue weighted by molar-refractivity contribution is 0.445. The number of pyridine rings is 1. The van der Waals surface area contributed by atoms with Crippen LogP contribution in [0, 0.1) is 11.3 Å². The third kappa shape index (κ3) is 7.17. The molecule has 0 radical (unpaired) electrons. The zero-order valence-corrected chi connectivity index (χ0v) is 27.0. The van der Waals surface area contributed by atoms with Gasteiger partial charge in [0, 0.05) is 61.5 Å². The van der Waals surface area contributed by atoms with Crippen molar-refractivity contribution in [1.29, 1.82) is 5.26 Å². The van der Waals surface area contributed by atoms with Gasteiger partial charge < -0.3 is 16.0 Å². The highest BCUT2D eigenvalue weighted by molar-refractivity contribution is 6.09. The Bertz CT molecular complexity index is 1680. The highest BCUT2D eigenvalue weighted by Gasteiger charge is 2.53. The quantitative estimate of drug-likeness (QED) is 0.168. The van der Waals surface area contributed by atoms with Gasteiger partial charge in [0.25, 0.3) is 0 Å². The molecule has 238 valence electrons. The second-order valence-corrected chi connectivity index (χ2v) is 11.3. The molecule has 46 heavy (non-hydrogen) atoms. The summed E-state index contributed by atoms with van der Waals surface area (Å²) in [6.07, 6.45) is 12.3. The lowest BCUT2D eigenvalue weighted by atomic mass is 10.1. The molecule has 0 bridgehead atoms. The smallest absolute Gasteiger partial charge is 0.128 e. The van der Waals surface area contributed by atoms with E-state index in [9.17, 15) is 5.26 Å². The van der Waals surface area contributed by atoms with E-state index in [2.05, 4.69) is 63.2 Å². The van der Waals surface area contributed by atoms with Crippen molar-refractivity contribution in [2.45, 2.75) is 58.3 Å². The number of piperidine rings is 1. The van der Waals surface area contributed by atoms with Crippen LogP contribution in [-0.4, -0.2) is 75.0 Å². The van der Waals surface area contributed by atoms with E-state index in [4.69, 9.17) is 20.7 Å². The van der Waals surface area contributed by atoms with Crippen LogP contribution in [0.1, 0.15) is 50.4 Å². The fourth-order valence-corrected chi connectivity index (χ4v) is 6.07. The molecule has 0 amide bonds. The van der Waals surface area contributed by atoms with Gasteiger partial charge in [-0.3, -0.25) is 9.89 Å². The van der Waals surface area contributed by atoms with Gasteiger partial charge in [0.2, 0.25) is 0 Å². The Labute approximate surface area is 272 Å². The first kappa shape index (κ1) is 32.5. The van der Waals surface area contributed by atoms with Crippen molar-refractivity contribution in [2.24, 2.45) is 10.7 Å². The van der Waals surface area contributed by atoms with Gasteiger partial charge in [-0.15, -0.1) is 6.58 Å². The van der Waals surface area contributed by atoms with Crippen LogP contribution in [0.5, 0.6) is 0 Å². The summed E-state index contributed by atoms with van der Waals surface area (Å²) in [5.74, 6) is 0.957. The molecule has 4 aromatic rings. The number of nitrogens with zero attached hydrogens (tertiary/aromatic N) is 8. The number of piperazine rings is 1. The number of nitrogens with two attached hydrogens (primary N) is 1. The monoisotopic (exact) mass is 616 g/mol.